The zero-order chi connectivity index (χ0) is 11.4. The van der Waals surface area contributed by atoms with Gasteiger partial charge in [-0.15, -0.1) is 0 Å². The highest BCUT2D eigenvalue weighted by atomic mass is 19.3. The summed E-state index contributed by atoms with van der Waals surface area (Å²) < 4.78 is 32.2. The molecule has 86 valence electrons. The summed E-state index contributed by atoms with van der Waals surface area (Å²) in [6, 6.07) is 0. The van der Waals surface area contributed by atoms with Crippen LogP contribution in [0.2, 0.25) is 0 Å². The van der Waals surface area contributed by atoms with Gasteiger partial charge in [-0.25, -0.2) is 8.78 Å². The number of hydrogen-bond donors (Lipinski definition) is 0. The Morgan fingerprint density at radius 3 is 2.53 bits per heavy atom. The molecular weight excluding hydrogens is 202 g/mol. The quantitative estimate of drug-likeness (QED) is 0.584. The third-order valence-corrected chi connectivity index (χ3v) is 4.17. The number of cyclic esters (lactones) is 1. The Labute approximate surface area is 88.0 Å². The Morgan fingerprint density at radius 2 is 1.93 bits per heavy atom. The van der Waals surface area contributed by atoms with Crippen molar-refractivity contribution in [1.29, 1.82) is 0 Å². The minimum atomic E-state index is -2.73. The highest BCUT2D eigenvalue weighted by molar-refractivity contribution is 5.75. The fourth-order valence-electron chi connectivity index (χ4n) is 3.04. The molecule has 0 amide bonds. The molecule has 0 aromatic heterocycles. The first-order chi connectivity index (χ1) is 6.84. The van der Waals surface area contributed by atoms with E-state index in [1.165, 1.54) is 0 Å². The second kappa shape index (κ2) is 3.16. The SMILES string of the molecule is C[C@@H]1[C@@H]2[C@@H](C)OC(=O)[C@@H]2CC(F)(F)[C@H]1C. The van der Waals surface area contributed by atoms with Crippen molar-refractivity contribution in [2.45, 2.75) is 39.2 Å². The monoisotopic (exact) mass is 218 g/mol. The zero-order valence-corrected chi connectivity index (χ0v) is 9.17. The van der Waals surface area contributed by atoms with E-state index in [1.54, 1.807) is 20.8 Å². The van der Waals surface area contributed by atoms with E-state index in [1.807, 2.05) is 0 Å². The predicted octanol–water partition coefficient (Wildman–Crippen LogP) is 2.48. The predicted molar refractivity (Wildman–Crippen MR) is 50.4 cm³/mol. The van der Waals surface area contributed by atoms with Gasteiger partial charge in [-0.05, 0) is 12.8 Å². The second-order valence-corrected chi connectivity index (χ2v) is 4.94. The molecule has 0 radical (unpaired) electrons. The highest BCUT2D eigenvalue weighted by Gasteiger charge is 2.58. The first kappa shape index (κ1) is 10.8. The van der Waals surface area contributed by atoms with E-state index in [9.17, 15) is 13.6 Å². The Balaban J connectivity index is 2.30. The summed E-state index contributed by atoms with van der Waals surface area (Å²) in [7, 11) is 0. The van der Waals surface area contributed by atoms with Crippen LogP contribution in [0.4, 0.5) is 8.78 Å². The molecule has 1 aliphatic carbocycles. The van der Waals surface area contributed by atoms with Gasteiger partial charge in [0.05, 0.1) is 5.92 Å². The van der Waals surface area contributed by atoms with Gasteiger partial charge in [0.25, 0.3) is 5.92 Å². The molecule has 0 spiro atoms. The van der Waals surface area contributed by atoms with Crippen molar-refractivity contribution < 1.29 is 18.3 Å². The van der Waals surface area contributed by atoms with Crippen LogP contribution in [-0.2, 0) is 9.53 Å². The fraction of sp³-hybridized carbons (Fsp3) is 0.909. The minimum Gasteiger partial charge on any atom is -0.462 e. The molecule has 1 saturated carbocycles. The van der Waals surface area contributed by atoms with Gasteiger partial charge in [0, 0.05) is 18.3 Å². The van der Waals surface area contributed by atoms with Crippen molar-refractivity contribution in [2.75, 3.05) is 0 Å². The molecule has 4 heteroatoms. The van der Waals surface area contributed by atoms with E-state index in [2.05, 4.69) is 0 Å². The molecular formula is C11H16F2O2. The van der Waals surface area contributed by atoms with E-state index in [4.69, 9.17) is 4.74 Å². The third kappa shape index (κ3) is 1.45. The number of alkyl halides is 2. The van der Waals surface area contributed by atoms with Crippen LogP contribution in [0.15, 0.2) is 0 Å². The van der Waals surface area contributed by atoms with Crippen molar-refractivity contribution in [3.63, 3.8) is 0 Å². The average molecular weight is 218 g/mol. The van der Waals surface area contributed by atoms with Crippen LogP contribution in [0.25, 0.3) is 0 Å². The van der Waals surface area contributed by atoms with Crippen LogP contribution in [0, 0.1) is 23.7 Å². The van der Waals surface area contributed by atoms with Crippen LogP contribution in [0.3, 0.4) is 0 Å². The van der Waals surface area contributed by atoms with Gasteiger partial charge in [0.2, 0.25) is 0 Å². The highest BCUT2D eigenvalue weighted by Crippen LogP contribution is 2.51. The molecule has 5 atom stereocenters. The number of hydrogen-bond acceptors (Lipinski definition) is 2. The number of halogens is 2. The van der Waals surface area contributed by atoms with Crippen LogP contribution in [0.1, 0.15) is 27.2 Å². The van der Waals surface area contributed by atoms with E-state index < -0.39 is 23.7 Å². The van der Waals surface area contributed by atoms with Gasteiger partial charge in [-0.2, -0.15) is 0 Å². The molecule has 1 aliphatic heterocycles. The average Bonchev–Trinajstić information content (AvgIpc) is 2.38. The summed E-state index contributed by atoms with van der Waals surface area (Å²) in [6.07, 6.45) is -0.553. The first-order valence-corrected chi connectivity index (χ1v) is 5.43. The molecule has 15 heavy (non-hydrogen) atoms. The minimum absolute atomic E-state index is 0.0351. The Hall–Kier alpha value is -0.670. The summed E-state index contributed by atoms with van der Waals surface area (Å²) in [5.41, 5.74) is 0. The van der Waals surface area contributed by atoms with Crippen molar-refractivity contribution >= 4 is 5.97 Å². The van der Waals surface area contributed by atoms with E-state index in [0.29, 0.717) is 0 Å². The van der Waals surface area contributed by atoms with Gasteiger partial charge >= 0.3 is 5.97 Å². The van der Waals surface area contributed by atoms with E-state index in [0.717, 1.165) is 0 Å². The van der Waals surface area contributed by atoms with Gasteiger partial charge in [0.15, 0.2) is 0 Å². The number of esters is 1. The molecule has 0 bridgehead atoms. The van der Waals surface area contributed by atoms with Gasteiger partial charge < -0.3 is 4.74 Å². The summed E-state index contributed by atoms with van der Waals surface area (Å²) >= 11 is 0. The smallest absolute Gasteiger partial charge is 0.309 e. The lowest BCUT2D eigenvalue weighted by atomic mass is 9.65. The molecule has 2 aliphatic rings. The van der Waals surface area contributed by atoms with Crippen LogP contribution in [-0.4, -0.2) is 18.0 Å². The van der Waals surface area contributed by atoms with Crippen molar-refractivity contribution in [2.24, 2.45) is 23.7 Å². The molecule has 2 fully saturated rings. The molecule has 0 unspecified atom stereocenters. The molecule has 1 saturated heterocycles. The maximum atomic E-state index is 13.6. The Morgan fingerprint density at radius 1 is 1.33 bits per heavy atom. The van der Waals surface area contributed by atoms with Crippen LogP contribution < -0.4 is 0 Å². The summed E-state index contributed by atoms with van der Waals surface area (Å²) in [6.45, 7) is 5.17. The van der Waals surface area contributed by atoms with E-state index >= 15 is 0 Å². The molecule has 0 aromatic rings. The van der Waals surface area contributed by atoms with Crippen molar-refractivity contribution in [3.05, 3.63) is 0 Å². The second-order valence-electron chi connectivity index (χ2n) is 4.94. The Kier molecular flexibility index (Phi) is 2.28. The Bertz CT molecular complexity index is 290. The fourth-order valence-corrected chi connectivity index (χ4v) is 3.04. The number of carbonyl (C=O) groups excluding carboxylic acids is 1. The number of carbonyl (C=O) groups is 1. The summed E-state index contributed by atoms with van der Waals surface area (Å²) in [4.78, 5) is 11.4. The molecule has 0 aromatic carbocycles. The molecule has 1 heterocycles. The third-order valence-electron chi connectivity index (χ3n) is 4.17. The lowest BCUT2D eigenvalue weighted by Crippen LogP contribution is -2.46. The number of fused-ring (bicyclic) bond motifs is 1. The maximum absolute atomic E-state index is 13.6. The van der Waals surface area contributed by atoms with Gasteiger partial charge in [-0.3, -0.25) is 4.79 Å². The number of rotatable bonds is 0. The maximum Gasteiger partial charge on any atom is 0.309 e. The molecule has 0 N–H and O–H groups in total. The lowest BCUT2D eigenvalue weighted by molar-refractivity contribution is -0.153. The van der Waals surface area contributed by atoms with Crippen LogP contribution >= 0.6 is 0 Å². The molecule has 2 nitrogen and oxygen atoms in total. The summed E-state index contributed by atoms with van der Waals surface area (Å²) in [5, 5.41) is 0. The van der Waals surface area contributed by atoms with Crippen molar-refractivity contribution in [1.82, 2.24) is 0 Å². The van der Waals surface area contributed by atoms with Crippen LogP contribution in [0.5, 0.6) is 0 Å². The summed E-state index contributed by atoms with van der Waals surface area (Å²) in [5.74, 6) is -4.64. The normalized spacial score (nSPS) is 48.6. The van der Waals surface area contributed by atoms with Gasteiger partial charge in [-0.1, -0.05) is 13.8 Å². The van der Waals surface area contributed by atoms with Gasteiger partial charge in [0.1, 0.15) is 6.10 Å². The largest absolute Gasteiger partial charge is 0.462 e. The first-order valence-electron chi connectivity index (χ1n) is 5.43. The zero-order valence-electron chi connectivity index (χ0n) is 9.17. The standard InChI is InChI=1S/C11H16F2O2/c1-5-6(2)11(12,13)4-8-9(5)7(3)15-10(8)14/h5-9H,4H2,1-3H3/t5-,6-,7+,8+,9+/m0/s1. The lowest BCUT2D eigenvalue weighted by Gasteiger charge is -2.40. The molecule has 2 rings (SSSR count). The topological polar surface area (TPSA) is 26.3 Å². The van der Waals surface area contributed by atoms with Crippen molar-refractivity contribution in [3.8, 4) is 0 Å². The number of ether oxygens (including phenoxy) is 1. The van der Waals surface area contributed by atoms with E-state index in [-0.39, 0.29) is 24.4 Å².